The highest BCUT2D eigenvalue weighted by atomic mass is 35.5. The highest BCUT2D eigenvalue weighted by Crippen LogP contribution is 2.33. The number of nitrogen functional groups attached to an aromatic ring is 1. The van der Waals surface area contributed by atoms with Gasteiger partial charge in [0.2, 0.25) is 0 Å². The second-order valence-corrected chi connectivity index (χ2v) is 10.0. The summed E-state index contributed by atoms with van der Waals surface area (Å²) in [5, 5.41) is 6.56. The standard InChI is InChI=1S/C28H32ClFN6O2/c1-34-6-8-35(9-7-34)22-3-5-25(31)27(18-22)33-26-14-19(2-4-24(26)29)28(37)32-21-15-20(30)16-23(17-21)36-10-12-38-13-11-36/h2-5,14-18,33H,6-13,31H2,1H3,(H,32,37). The lowest BCUT2D eigenvalue weighted by Crippen LogP contribution is -2.44. The molecule has 5 rings (SSSR count). The van der Waals surface area contributed by atoms with Gasteiger partial charge in [0.1, 0.15) is 5.82 Å². The Labute approximate surface area is 227 Å². The molecule has 2 aliphatic rings. The highest BCUT2D eigenvalue weighted by molar-refractivity contribution is 6.33. The van der Waals surface area contributed by atoms with E-state index < -0.39 is 5.82 Å². The van der Waals surface area contributed by atoms with E-state index in [4.69, 9.17) is 22.1 Å². The van der Waals surface area contributed by atoms with Crippen molar-refractivity contribution in [1.29, 1.82) is 0 Å². The van der Waals surface area contributed by atoms with E-state index in [2.05, 4.69) is 27.5 Å². The molecule has 4 N–H and O–H groups in total. The number of nitrogens with one attached hydrogen (secondary N) is 2. The normalized spacial score (nSPS) is 16.4. The molecule has 0 spiro atoms. The van der Waals surface area contributed by atoms with Gasteiger partial charge in [-0.25, -0.2) is 4.39 Å². The number of piperazine rings is 1. The molecule has 200 valence electrons. The summed E-state index contributed by atoms with van der Waals surface area (Å²) < 4.78 is 19.7. The fourth-order valence-electron chi connectivity index (χ4n) is 4.67. The third-order valence-electron chi connectivity index (χ3n) is 6.92. The van der Waals surface area contributed by atoms with Gasteiger partial charge in [0.15, 0.2) is 0 Å². The summed E-state index contributed by atoms with van der Waals surface area (Å²) in [5.41, 5.74) is 10.6. The van der Waals surface area contributed by atoms with E-state index in [1.54, 1.807) is 24.3 Å². The summed E-state index contributed by atoms with van der Waals surface area (Å²) in [6, 6.07) is 15.4. The molecule has 0 unspecified atom stereocenters. The molecule has 10 heteroatoms. The van der Waals surface area contributed by atoms with Gasteiger partial charge in [0.05, 0.1) is 35.3 Å². The Morgan fingerprint density at radius 2 is 1.63 bits per heavy atom. The first kappa shape index (κ1) is 26.1. The van der Waals surface area contributed by atoms with E-state index in [0.717, 1.165) is 31.9 Å². The zero-order chi connectivity index (χ0) is 26.6. The minimum Gasteiger partial charge on any atom is -0.397 e. The number of hydrogen-bond acceptors (Lipinski definition) is 7. The zero-order valence-corrected chi connectivity index (χ0v) is 22.1. The van der Waals surface area contributed by atoms with Crippen LogP contribution in [0.15, 0.2) is 54.6 Å². The van der Waals surface area contributed by atoms with E-state index >= 15 is 0 Å². The molecule has 38 heavy (non-hydrogen) atoms. The third-order valence-corrected chi connectivity index (χ3v) is 7.25. The number of nitrogens with zero attached hydrogens (tertiary/aromatic N) is 3. The van der Waals surface area contributed by atoms with Gasteiger partial charge in [-0.15, -0.1) is 0 Å². The van der Waals surface area contributed by atoms with Crippen LogP contribution in [0.4, 0.5) is 38.5 Å². The van der Waals surface area contributed by atoms with Crippen molar-refractivity contribution in [3.63, 3.8) is 0 Å². The Morgan fingerprint density at radius 1 is 0.895 bits per heavy atom. The lowest BCUT2D eigenvalue weighted by atomic mass is 10.1. The third kappa shape index (κ3) is 6.12. The Balaban J connectivity index is 1.33. The van der Waals surface area contributed by atoms with Gasteiger partial charge in [-0.3, -0.25) is 4.79 Å². The maximum atomic E-state index is 14.4. The van der Waals surface area contributed by atoms with Gasteiger partial charge in [0.25, 0.3) is 5.91 Å². The maximum absolute atomic E-state index is 14.4. The summed E-state index contributed by atoms with van der Waals surface area (Å²) in [6.07, 6.45) is 0. The average Bonchev–Trinajstić information content (AvgIpc) is 2.91. The number of carbonyl (C=O) groups is 1. The van der Waals surface area contributed by atoms with Crippen LogP contribution in [-0.4, -0.2) is 70.3 Å². The molecule has 3 aromatic rings. The number of anilines is 6. The number of halogens is 2. The quantitative estimate of drug-likeness (QED) is 0.394. The second kappa shape index (κ2) is 11.5. The fourth-order valence-corrected chi connectivity index (χ4v) is 4.84. The van der Waals surface area contributed by atoms with Crippen molar-refractivity contribution in [3.05, 3.63) is 71.0 Å². The topological polar surface area (TPSA) is 86.1 Å². The number of carbonyl (C=O) groups excluding carboxylic acids is 1. The Bertz CT molecular complexity index is 1310. The first-order valence-electron chi connectivity index (χ1n) is 12.7. The van der Waals surface area contributed by atoms with Crippen LogP contribution < -0.4 is 26.2 Å². The zero-order valence-electron chi connectivity index (χ0n) is 21.3. The number of rotatable bonds is 6. The van der Waals surface area contributed by atoms with E-state index in [1.807, 2.05) is 23.1 Å². The number of nitrogens with two attached hydrogens (primary N) is 1. The molecule has 2 fully saturated rings. The van der Waals surface area contributed by atoms with E-state index in [0.29, 0.717) is 65.3 Å². The van der Waals surface area contributed by atoms with Crippen LogP contribution >= 0.6 is 11.6 Å². The predicted octanol–water partition coefficient (Wildman–Crippen LogP) is 4.65. The molecule has 0 aromatic heterocycles. The molecule has 1 amide bonds. The van der Waals surface area contributed by atoms with Crippen molar-refractivity contribution in [2.45, 2.75) is 0 Å². The summed E-state index contributed by atoms with van der Waals surface area (Å²) in [5.74, 6) is -0.791. The molecule has 0 saturated carbocycles. The van der Waals surface area contributed by atoms with Gasteiger partial charge in [-0.05, 0) is 61.6 Å². The van der Waals surface area contributed by atoms with E-state index in [9.17, 15) is 9.18 Å². The molecule has 2 aliphatic heterocycles. The van der Waals surface area contributed by atoms with Crippen LogP contribution in [0.25, 0.3) is 0 Å². The molecule has 8 nitrogen and oxygen atoms in total. The van der Waals surface area contributed by atoms with Gasteiger partial charge >= 0.3 is 0 Å². The van der Waals surface area contributed by atoms with Gasteiger partial charge in [-0.1, -0.05) is 11.6 Å². The van der Waals surface area contributed by atoms with Crippen molar-refractivity contribution in [2.24, 2.45) is 0 Å². The average molecular weight is 539 g/mol. The van der Waals surface area contributed by atoms with Crippen molar-refractivity contribution < 1.29 is 13.9 Å². The molecule has 0 atom stereocenters. The summed E-state index contributed by atoms with van der Waals surface area (Å²) in [4.78, 5) is 19.8. The molecule has 0 radical (unpaired) electrons. The Hall–Kier alpha value is -3.53. The number of hydrogen-bond donors (Lipinski definition) is 3. The Morgan fingerprint density at radius 3 is 2.39 bits per heavy atom. The van der Waals surface area contributed by atoms with Gasteiger partial charge in [-0.2, -0.15) is 0 Å². The van der Waals surface area contributed by atoms with Crippen molar-refractivity contribution in [1.82, 2.24) is 4.90 Å². The highest BCUT2D eigenvalue weighted by Gasteiger charge is 2.17. The summed E-state index contributed by atoms with van der Waals surface area (Å²) >= 11 is 6.48. The number of ether oxygens (including phenoxy) is 1. The van der Waals surface area contributed by atoms with Crippen LogP contribution in [0, 0.1) is 5.82 Å². The van der Waals surface area contributed by atoms with E-state index in [-0.39, 0.29) is 5.91 Å². The molecule has 2 saturated heterocycles. The second-order valence-electron chi connectivity index (χ2n) is 9.63. The fraction of sp³-hybridized carbons (Fsp3) is 0.321. The number of morpholine rings is 1. The number of benzene rings is 3. The van der Waals surface area contributed by atoms with Gasteiger partial charge < -0.3 is 35.8 Å². The molecule has 0 aliphatic carbocycles. The molecular weight excluding hydrogens is 507 g/mol. The number of likely N-dealkylation sites (N-methyl/N-ethyl adjacent to an activating group) is 1. The van der Waals surface area contributed by atoms with E-state index in [1.165, 1.54) is 12.1 Å². The SMILES string of the molecule is CN1CCN(c2ccc(N)c(Nc3cc(C(=O)Nc4cc(F)cc(N5CCOCC5)c4)ccc3Cl)c2)CC1. The lowest BCUT2D eigenvalue weighted by molar-refractivity contribution is 0.102. The first-order valence-corrected chi connectivity index (χ1v) is 13.1. The minimum atomic E-state index is -0.418. The first-order chi connectivity index (χ1) is 18.4. The van der Waals surface area contributed by atoms with Crippen molar-refractivity contribution in [2.75, 3.05) is 85.7 Å². The lowest BCUT2D eigenvalue weighted by Gasteiger charge is -2.34. The summed E-state index contributed by atoms with van der Waals surface area (Å²) in [7, 11) is 2.12. The van der Waals surface area contributed by atoms with Crippen LogP contribution in [-0.2, 0) is 4.74 Å². The van der Waals surface area contributed by atoms with Crippen molar-refractivity contribution >= 4 is 51.6 Å². The smallest absolute Gasteiger partial charge is 0.255 e. The van der Waals surface area contributed by atoms with Crippen LogP contribution in [0.3, 0.4) is 0 Å². The monoisotopic (exact) mass is 538 g/mol. The molecular formula is C28H32ClFN6O2. The van der Waals surface area contributed by atoms with Crippen LogP contribution in [0.2, 0.25) is 5.02 Å². The molecule has 2 heterocycles. The summed E-state index contributed by atoms with van der Waals surface area (Å²) in [6.45, 7) is 6.37. The largest absolute Gasteiger partial charge is 0.397 e. The molecule has 3 aromatic carbocycles. The van der Waals surface area contributed by atoms with Crippen LogP contribution in [0.5, 0.6) is 0 Å². The molecule has 0 bridgehead atoms. The van der Waals surface area contributed by atoms with Crippen LogP contribution in [0.1, 0.15) is 10.4 Å². The number of amides is 1. The van der Waals surface area contributed by atoms with Crippen molar-refractivity contribution in [3.8, 4) is 0 Å². The van der Waals surface area contributed by atoms with Gasteiger partial charge in [0, 0.05) is 61.9 Å². The minimum absolute atomic E-state index is 0.373. The maximum Gasteiger partial charge on any atom is 0.255 e. The Kier molecular flexibility index (Phi) is 7.87. The predicted molar refractivity (Wildman–Crippen MR) is 153 cm³/mol.